The number of nitrogens with zero attached hydrogens (tertiary/aromatic N) is 7. The first-order valence-electron chi connectivity index (χ1n) is 8.27. The summed E-state index contributed by atoms with van der Waals surface area (Å²) in [4.78, 5) is 8.92. The lowest BCUT2D eigenvalue weighted by molar-refractivity contribution is 0.0317. The lowest BCUT2D eigenvalue weighted by Gasteiger charge is -2.21. The molecule has 9 nitrogen and oxygen atoms in total. The van der Waals surface area contributed by atoms with Gasteiger partial charge < -0.3 is 10.1 Å². The summed E-state index contributed by atoms with van der Waals surface area (Å²) in [5, 5.41) is 15.8. The highest BCUT2D eigenvalue weighted by Crippen LogP contribution is 2.30. The number of aryl methyl sites for hydroxylation is 1. The predicted octanol–water partition coefficient (Wildman–Crippen LogP) is 2.25. The molecule has 4 aromatic heterocycles. The molecule has 9 heteroatoms. The Morgan fingerprint density at radius 2 is 2.12 bits per heavy atom. The average Bonchev–Trinajstić information content (AvgIpc) is 3.25. The highest BCUT2D eigenvalue weighted by molar-refractivity contribution is 5.66. The van der Waals surface area contributed by atoms with Crippen LogP contribution in [0.4, 0.5) is 11.8 Å². The zero-order valence-corrected chi connectivity index (χ0v) is 14.3. The van der Waals surface area contributed by atoms with Crippen molar-refractivity contribution >= 4 is 17.4 Å². The van der Waals surface area contributed by atoms with Crippen molar-refractivity contribution < 1.29 is 4.74 Å². The molecule has 1 N–H and O–H groups in total. The summed E-state index contributed by atoms with van der Waals surface area (Å²) < 4.78 is 9.55. The van der Waals surface area contributed by atoms with E-state index in [4.69, 9.17) is 4.74 Å². The molecular weight excluding hydrogens is 332 g/mol. The average molecular weight is 348 g/mol. The number of hydrogen-bond acceptors (Lipinski definition) is 7. The number of aromatic nitrogens is 7. The molecule has 0 saturated carbocycles. The Kier molecular flexibility index (Phi) is 3.22. The fraction of sp³-hybridized carbons (Fsp3) is 0.235. The van der Waals surface area contributed by atoms with Crippen molar-refractivity contribution in [2.75, 3.05) is 5.32 Å². The van der Waals surface area contributed by atoms with Crippen molar-refractivity contribution in [3.05, 3.63) is 48.2 Å². The molecule has 0 bridgehead atoms. The largest absolute Gasteiger partial charge is 0.364 e. The first-order chi connectivity index (χ1) is 12.7. The second kappa shape index (κ2) is 5.60. The third-order valence-electron chi connectivity index (χ3n) is 4.49. The minimum atomic E-state index is -0.0326. The Morgan fingerprint density at radius 1 is 1.19 bits per heavy atom. The van der Waals surface area contributed by atoms with E-state index in [9.17, 15) is 0 Å². The fourth-order valence-electron chi connectivity index (χ4n) is 3.13. The lowest BCUT2D eigenvalue weighted by Crippen LogP contribution is -2.15. The van der Waals surface area contributed by atoms with Gasteiger partial charge in [-0.15, -0.1) is 10.2 Å². The fourth-order valence-corrected chi connectivity index (χ4v) is 3.13. The molecular formula is C17H16N8O. The van der Waals surface area contributed by atoms with Crippen LogP contribution < -0.4 is 5.32 Å². The van der Waals surface area contributed by atoms with Gasteiger partial charge in [0.15, 0.2) is 11.5 Å². The van der Waals surface area contributed by atoms with E-state index in [2.05, 4.69) is 36.6 Å². The minimum absolute atomic E-state index is 0.0326. The maximum Gasteiger partial charge on any atom is 0.228 e. The standard InChI is InChI=1S/C17H16N8O/c1-10-13-7-11(8-15-22-23-16(9-26-10)25(13)15)12-3-5-18-17(20-12)21-14-4-6-19-24(14)2/h3-8,10H,9H2,1-2H3,(H,18,20,21). The topological polar surface area (TPSA) is 95.0 Å². The Balaban J connectivity index is 1.58. The lowest BCUT2D eigenvalue weighted by atomic mass is 10.1. The number of anilines is 2. The van der Waals surface area contributed by atoms with Crippen molar-refractivity contribution in [3.63, 3.8) is 0 Å². The van der Waals surface area contributed by atoms with Crippen LogP contribution in [0.5, 0.6) is 0 Å². The molecule has 0 saturated heterocycles. The van der Waals surface area contributed by atoms with Crippen molar-refractivity contribution in [1.82, 2.24) is 34.3 Å². The predicted molar refractivity (Wildman–Crippen MR) is 93.7 cm³/mol. The third-order valence-corrected chi connectivity index (χ3v) is 4.49. The van der Waals surface area contributed by atoms with Gasteiger partial charge in [0.2, 0.25) is 5.95 Å². The van der Waals surface area contributed by atoms with Gasteiger partial charge in [-0.25, -0.2) is 9.97 Å². The van der Waals surface area contributed by atoms with Crippen LogP contribution in [0.1, 0.15) is 24.5 Å². The van der Waals surface area contributed by atoms with Gasteiger partial charge in [-0.3, -0.25) is 9.08 Å². The molecule has 1 unspecified atom stereocenters. The van der Waals surface area contributed by atoms with Gasteiger partial charge in [0.25, 0.3) is 0 Å². The minimum Gasteiger partial charge on any atom is -0.364 e. The first-order valence-corrected chi connectivity index (χ1v) is 8.27. The molecule has 5 heterocycles. The zero-order chi connectivity index (χ0) is 17.7. The number of hydrogen-bond donors (Lipinski definition) is 1. The molecule has 0 spiro atoms. The van der Waals surface area contributed by atoms with Crippen LogP contribution in [0.15, 0.2) is 36.7 Å². The zero-order valence-electron chi connectivity index (χ0n) is 14.3. The molecule has 0 aliphatic carbocycles. The van der Waals surface area contributed by atoms with E-state index in [-0.39, 0.29) is 6.10 Å². The number of ether oxygens (including phenoxy) is 1. The van der Waals surface area contributed by atoms with Crippen LogP contribution in [-0.4, -0.2) is 34.3 Å². The monoisotopic (exact) mass is 348 g/mol. The molecule has 0 fully saturated rings. The van der Waals surface area contributed by atoms with E-state index >= 15 is 0 Å². The summed E-state index contributed by atoms with van der Waals surface area (Å²) in [6.45, 7) is 2.50. The van der Waals surface area contributed by atoms with E-state index < -0.39 is 0 Å². The summed E-state index contributed by atoms with van der Waals surface area (Å²) in [6, 6.07) is 7.79. The maximum atomic E-state index is 5.77. The van der Waals surface area contributed by atoms with Gasteiger partial charge in [0.05, 0.1) is 23.7 Å². The van der Waals surface area contributed by atoms with Crippen LogP contribution in [0, 0.1) is 0 Å². The van der Waals surface area contributed by atoms with E-state index in [1.54, 1.807) is 17.1 Å². The summed E-state index contributed by atoms with van der Waals surface area (Å²) in [7, 11) is 1.86. The third kappa shape index (κ3) is 2.32. The SMILES string of the molecule is CC1OCc2nnc3cc(-c4ccnc(Nc5ccnn5C)n4)cc1n23. The highest BCUT2D eigenvalue weighted by Gasteiger charge is 2.22. The Labute approximate surface area is 148 Å². The van der Waals surface area contributed by atoms with Crippen LogP contribution in [0.25, 0.3) is 16.9 Å². The highest BCUT2D eigenvalue weighted by atomic mass is 16.5. The summed E-state index contributed by atoms with van der Waals surface area (Å²) in [5.74, 6) is 2.14. The molecule has 1 aliphatic rings. The van der Waals surface area contributed by atoms with E-state index in [1.807, 2.05) is 36.6 Å². The van der Waals surface area contributed by atoms with Crippen molar-refractivity contribution in [2.45, 2.75) is 19.6 Å². The van der Waals surface area contributed by atoms with Gasteiger partial charge in [0, 0.05) is 24.9 Å². The summed E-state index contributed by atoms with van der Waals surface area (Å²) in [5.41, 5.74) is 3.55. The van der Waals surface area contributed by atoms with Crippen LogP contribution in [-0.2, 0) is 18.4 Å². The van der Waals surface area contributed by atoms with Gasteiger partial charge in [-0.1, -0.05) is 0 Å². The van der Waals surface area contributed by atoms with Gasteiger partial charge in [0.1, 0.15) is 12.4 Å². The van der Waals surface area contributed by atoms with Crippen LogP contribution >= 0.6 is 0 Å². The number of rotatable bonds is 3. The quantitative estimate of drug-likeness (QED) is 0.607. The molecule has 1 aliphatic heterocycles. The van der Waals surface area contributed by atoms with Crippen molar-refractivity contribution in [3.8, 4) is 11.3 Å². The maximum absolute atomic E-state index is 5.77. The van der Waals surface area contributed by atoms with Gasteiger partial charge in [-0.2, -0.15) is 5.10 Å². The van der Waals surface area contributed by atoms with Crippen molar-refractivity contribution in [1.29, 1.82) is 0 Å². The molecule has 4 aromatic rings. The van der Waals surface area contributed by atoms with E-state index in [1.165, 1.54) is 0 Å². The second-order valence-corrected chi connectivity index (χ2v) is 6.16. The Morgan fingerprint density at radius 3 is 2.96 bits per heavy atom. The molecule has 0 aromatic carbocycles. The summed E-state index contributed by atoms with van der Waals surface area (Å²) >= 11 is 0. The molecule has 0 radical (unpaired) electrons. The van der Waals surface area contributed by atoms with Crippen LogP contribution in [0.3, 0.4) is 0 Å². The summed E-state index contributed by atoms with van der Waals surface area (Å²) in [6.07, 6.45) is 3.41. The normalized spacial score (nSPS) is 16.2. The van der Waals surface area contributed by atoms with E-state index in [0.29, 0.717) is 12.6 Å². The van der Waals surface area contributed by atoms with Gasteiger partial charge in [-0.05, 0) is 25.1 Å². The Hall–Kier alpha value is -3.33. The molecule has 26 heavy (non-hydrogen) atoms. The molecule has 1 atom stereocenters. The number of pyridine rings is 1. The first kappa shape index (κ1) is 15.0. The number of nitrogens with one attached hydrogen (secondary N) is 1. The molecule has 130 valence electrons. The van der Waals surface area contributed by atoms with Crippen molar-refractivity contribution in [2.24, 2.45) is 7.05 Å². The molecule has 5 rings (SSSR count). The second-order valence-electron chi connectivity index (χ2n) is 6.16. The van der Waals surface area contributed by atoms with Gasteiger partial charge >= 0.3 is 0 Å². The smallest absolute Gasteiger partial charge is 0.228 e. The Bertz CT molecular complexity index is 1120. The van der Waals surface area contributed by atoms with Crippen LogP contribution in [0.2, 0.25) is 0 Å². The van der Waals surface area contributed by atoms with E-state index in [0.717, 1.165) is 34.2 Å². The molecule has 0 amide bonds.